The molecular formula is C27H26N2O5. The summed E-state index contributed by atoms with van der Waals surface area (Å²) in [7, 11) is 3.75. The minimum Gasteiger partial charge on any atom is -0.508 e. The second-order valence-corrected chi connectivity index (χ2v) is 9.09. The second-order valence-electron chi connectivity index (χ2n) is 9.09. The smallest absolute Gasteiger partial charge is 0.251 e. The molecule has 3 heterocycles. The van der Waals surface area contributed by atoms with E-state index in [0.717, 1.165) is 42.5 Å². The molecule has 0 bridgehead atoms. The average Bonchev–Trinajstić information content (AvgIpc) is 2.84. The van der Waals surface area contributed by atoms with Crippen LogP contribution in [0.4, 0.5) is 0 Å². The molecule has 6 rings (SSSR count). The van der Waals surface area contributed by atoms with Crippen molar-refractivity contribution >= 4 is 5.91 Å². The van der Waals surface area contributed by atoms with Crippen LogP contribution in [0.25, 0.3) is 0 Å². The Morgan fingerprint density at radius 1 is 1.06 bits per heavy atom. The summed E-state index contributed by atoms with van der Waals surface area (Å²) in [5.74, 6) is 3.16. The molecule has 3 aromatic rings. The number of carbonyl (C=O) groups excluding carboxylic acids is 1. The normalized spacial score (nSPS) is 18.4. The Balaban J connectivity index is 1.47. The van der Waals surface area contributed by atoms with Gasteiger partial charge >= 0.3 is 0 Å². The third-order valence-electron chi connectivity index (χ3n) is 7.03. The van der Waals surface area contributed by atoms with Gasteiger partial charge in [-0.25, -0.2) is 0 Å². The first-order valence-electron chi connectivity index (χ1n) is 11.5. The summed E-state index contributed by atoms with van der Waals surface area (Å²) in [6, 6.07) is 13.1. The highest BCUT2D eigenvalue weighted by Crippen LogP contribution is 2.56. The van der Waals surface area contributed by atoms with Gasteiger partial charge in [0.25, 0.3) is 5.91 Å². The van der Waals surface area contributed by atoms with Gasteiger partial charge in [-0.2, -0.15) is 0 Å². The molecule has 7 nitrogen and oxygen atoms in total. The standard InChI is InChI=1S/C27H26N2O5/c1-29-10-8-17-13-23(32-2)25-26(24(17)20(29)11-15-3-5-18(30)6-4-15)34-22-14-19-16(12-21(22)33-25)7-9-28-27(19)31/h3-6,12-14,20,30H,7-11H2,1-2H3,(H,28,31)/t20-/m0/s1. The van der Waals surface area contributed by atoms with E-state index in [0.29, 0.717) is 40.9 Å². The monoisotopic (exact) mass is 458 g/mol. The number of aromatic hydroxyl groups is 1. The van der Waals surface area contributed by atoms with Gasteiger partial charge in [0.1, 0.15) is 5.75 Å². The number of rotatable bonds is 3. The summed E-state index contributed by atoms with van der Waals surface area (Å²) < 4.78 is 18.6. The van der Waals surface area contributed by atoms with E-state index in [4.69, 9.17) is 14.2 Å². The van der Waals surface area contributed by atoms with Gasteiger partial charge in [-0.15, -0.1) is 0 Å². The minimum atomic E-state index is -0.0870. The number of carbonyl (C=O) groups is 1. The van der Waals surface area contributed by atoms with Crippen molar-refractivity contribution in [2.24, 2.45) is 0 Å². The maximum Gasteiger partial charge on any atom is 0.251 e. The number of nitrogens with one attached hydrogen (secondary N) is 1. The summed E-state index contributed by atoms with van der Waals surface area (Å²) in [4.78, 5) is 14.7. The fraction of sp³-hybridized carbons (Fsp3) is 0.296. The molecule has 2 N–H and O–H groups in total. The molecular weight excluding hydrogens is 432 g/mol. The highest BCUT2D eigenvalue weighted by molar-refractivity contribution is 5.97. The maximum atomic E-state index is 12.4. The van der Waals surface area contributed by atoms with E-state index in [9.17, 15) is 9.90 Å². The summed E-state index contributed by atoms with van der Waals surface area (Å²) in [6.07, 6.45) is 2.38. The van der Waals surface area contributed by atoms with Crippen molar-refractivity contribution in [3.05, 3.63) is 70.3 Å². The van der Waals surface area contributed by atoms with E-state index in [1.165, 1.54) is 5.56 Å². The van der Waals surface area contributed by atoms with E-state index < -0.39 is 0 Å². The zero-order valence-electron chi connectivity index (χ0n) is 19.2. The van der Waals surface area contributed by atoms with Crippen molar-refractivity contribution in [3.63, 3.8) is 0 Å². The number of hydrogen-bond acceptors (Lipinski definition) is 6. The molecule has 0 saturated heterocycles. The molecule has 0 fully saturated rings. The van der Waals surface area contributed by atoms with Gasteiger partial charge in [-0.1, -0.05) is 12.1 Å². The van der Waals surface area contributed by atoms with E-state index >= 15 is 0 Å². The number of benzene rings is 3. The molecule has 3 aliphatic rings. The Kier molecular flexibility index (Phi) is 4.88. The van der Waals surface area contributed by atoms with Crippen LogP contribution >= 0.6 is 0 Å². The molecule has 0 spiro atoms. The van der Waals surface area contributed by atoms with Crippen LogP contribution in [0.1, 0.15) is 38.7 Å². The van der Waals surface area contributed by atoms with E-state index in [2.05, 4.69) is 23.3 Å². The highest BCUT2D eigenvalue weighted by atomic mass is 16.6. The number of phenolic OH excluding ortho intramolecular Hbond substituents is 1. The second kappa shape index (κ2) is 7.95. The lowest BCUT2D eigenvalue weighted by molar-refractivity contribution is 0.0945. The molecule has 1 amide bonds. The van der Waals surface area contributed by atoms with Gasteiger partial charge in [0.05, 0.1) is 7.11 Å². The molecule has 34 heavy (non-hydrogen) atoms. The summed E-state index contributed by atoms with van der Waals surface area (Å²) >= 11 is 0. The van der Waals surface area contributed by atoms with Crippen LogP contribution in [0.5, 0.6) is 34.5 Å². The number of hydrogen-bond donors (Lipinski definition) is 2. The number of phenols is 1. The lowest BCUT2D eigenvalue weighted by Crippen LogP contribution is -2.34. The number of fused-ring (bicyclic) bond motifs is 5. The van der Waals surface area contributed by atoms with Crippen molar-refractivity contribution < 1.29 is 24.1 Å². The van der Waals surface area contributed by atoms with Crippen molar-refractivity contribution in [1.29, 1.82) is 0 Å². The van der Waals surface area contributed by atoms with Crippen LogP contribution in [0.3, 0.4) is 0 Å². The lowest BCUT2D eigenvalue weighted by Gasteiger charge is -2.38. The molecule has 0 aliphatic carbocycles. The van der Waals surface area contributed by atoms with Gasteiger partial charge in [0, 0.05) is 30.3 Å². The van der Waals surface area contributed by atoms with E-state index in [1.54, 1.807) is 25.3 Å². The largest absolute Gasteiger partial charge is 0.508 e. The van der Waals surface area contributed by atoms with Crippen LogP contribution in [-0.4, -0.2) is 43.2 Å². The van der Waals surface area contributed by atoms with Gasteiger partial charge in [-0.3, -0.25) is 9.69 Å². The van der Waals surface area contributed by atoms with Crippen molar-refractivity contribution in [2.45, 2.75) is 25.3 Å². The van der Waals surface area contributed by atoms with Gasteiger partial charge in [0.2, 0.25) is 5.75 Å². The van der Waals surface area contributed by atoms with Crippen molar-refractivity contribution in [2.75, 3.05) is 27.2 Å². The van der Waals surface area contributed by atoms with Crippen LogP contribution in [0, 0.1) is 0 Å². The lowest BCUT2D eigenvalue weighted by atomic mass is 9.87. The average molecular weight is 459 g/mol. The minimum absolute atomic E-state index is 0.0547. The molecule has 174 valence electrons. The maximum absolute atomic E-state index is 12.4. The van der Waals surface area contributed by atoms with Crippen LogP contribution < -0.4 is 19.5 Å². The molecule has 0 unspecified atom stereocenters. The Bertz CT molecular complexity index is 1300. The third kappa shape index (κ3) is 3.35. The third-order valence-corrected chi connectivity index (χ3v) is 7.03. The number of amides is 1. The topological polar surface area (TPSA) is 80.3 Å². The van der Waals surface area contributed by atoms with Crippen LogP contribution in [-0.2, 0) is 19.3 Å². The first-order chi connectivity index (χ1) is 16.5. The quantitative estimate of drug-likeness (QED) is 0.475. The first kappa shape index (κ1) is 20.9. The number of likely N-dealkylation sites (N-methyl/N-ethyl adjacent to an activating group) is 1. The van der Waals surface area contributed by atoms with Crippen LogP contribution in [0.2, 0.25) is 0 Å². The van der Waals surface area contributed by atoms with E-state index in [1.807, 2.05) is 18.2 Å². The van der Waals surface area contributed by atoms with Crippen LogP contribution in [0.15, 0.2) is 42.5 Å². The SMILES string of the molecule is COc1cc2c(c3c1Oc1cc4c(cc1O3)C(=O)NCC4)[C@H](Cc1ccc(O)cc1)N(C)CC2. The highest BCUT2D eigenvalue weighted by Gasteiger charge is 2.36. The molecule has 7 heteroatoms. The zero-order chi connectivity index (χ0) is 23.4. The molecule has 3 aliphatic heterocycles. The molecule has 3 aromatic carbocycles. The Morgan fingerprint density at radius 3 is 2.62 bits per heavy atom. The number of methoxy groups -OCH3 is 1. The molecule has 0 saturated carbocycles. The Hall–Kier alpha value is -3.71. The number of ether oxygens (including phenoxy) is 3. The van der Waals surface area contributed by atoms with E-state index in [-0.39, 0.29) is 17.7 Å². The Morgan fingerprint density at radius 2 is 1.82 bits per heavy atom. The van der Waals surface area contributed by atoms with Gasteiger partial charge in [0.15, 0.2) is 23.0 Å². The summed E-state index contributed by atoms with van der Waals surface area (Å²) in [6.45, 7) is 1.52. The van der Waals surface area contributed by atoms with Gasteiger partial charge in [-0.05, 0) is 73.3 Å². The summed E-state index contributed by atoms with van der Waals surface area (Å²) in [5, 5.41) is 12.6. The summed E-state index contributed by atoms with van der Waals surface area (Å²) in [5.41, 5.74) is 4.95. The molecule has 0 aromatic heterocycles. The molecule has 1 atom stereocenters. The predicted octanol–water partition coefficient (Wildman–Crippen LogP) is 4.36. The predicted molar refractivity (Wildman–Crippen MR) is 127 cm³/mol. The van der Waals surface area contributed by atoms with Crippen molar-refractivity contribution in [1.82, 2.24) is 10.2 Å². The zero-order valence-corrected chi connectivity index (χ0v) is 19.2. The fourth-order valence-corrected chi connectivity index (χ4v) is 5.20. The van der Waals surface area contributed by atoms with Gasteiger partial charge < -0.3 is 24.6 Å². The van der Waals surface area contributed by atoms with Crippen molar-refractivity contribution in [3.8, 4) is 34.5 Å². The first-order valence-corrected chi connectivity index (χ1v) is 11.5. The Labute approximate surface area is 197 Å². The number of nitrogens with zero attached hydrogens (tertiary/aromatic N) is 1. The fourth-order valence-electron chi connectivity index (χ4n) is 5.20. The molecule has 0 radical (unpaired) electrons.